The number of carbonyl (C=O) groups is 1. The van der Waals surface area contributed by atoms with E-state index in [4.69, 9.17) is 0 Å². The van der Waals surface area contributed by atoms with Crippen molar-refractivity contribution in [2.45, 2.75) is 38.4 Å². The quantitative estimate of drug-likeness (QED) is 0.866. The van der Waals surface area contributed by atoms with Gasteiger partial charge in [0.15, 0.2) is 0 Å². The number of nitrogens with zero attached hydrogens (tertiary/aromatic N) is 1. The van der Waals surface area contributed by atoms with Crippen LogP contribution >= 0.6 is 0 Å². The van der Waals surface area contributed by atoms with E-state index in [-0.39, 0.29) is 17.8 Å². The fourth-order valence-corrected chi connectivity index (χ4v) is 1.93. The monoisotopic (exact) mass is 250 g/mol. The van der Waals surface area contributed by atoms with Crippen molar-refractivity contribution in [1.29, 1.82) is 0 Å². The molecule has 0 bridgehead atoms. The van der Waals surface area contributed by atoms with Gasteiger partial charge in [-0.1, -0.05) is 12.1 Å². The molecule has 0 aliphatic heterocycles. The van der Waals surface area contributed by atoms with Crippen molar-refractivity contribution in [2.24, 2.45) is 0 Å². The zero-order valence-electron chi connectivity index (χ0n) is 10.8. The fraction of sp³-hybridized carbons (Fsp3) is 0.500. The number of hydrogen-bond donors (Lipinski definition) is 1. The summed E-state index contributed by atoms with van der Waals surface area (Å²) >= 11 is 0. The molecule has 1 aromatic rings. The van der Waals surface area contributed by atoms with Gasteiger partial charge in [0.2, 0.25) is 5.91 Å². The first-order valence-electron chi connectivity index (χ1n) is 6.34. The Balaban J connectivity index is 2.06. The van der Waals surface area contributed by atoms with Crippen LogP contribution in [0.5, 0.6) is 0 Å². The van der Waals surface area contributed by atoms with Crippen LogP contribution in [-0.4, -0.2) is 29.9 Å². The minimum atomic E-state index is -0.244. The summed E-state index contributed by atoms with van der Waals surface area (Å²) in [6, 6.07) is 6.53. The van der Waals surface area contributed by atoms with Gasteiger partial charge in [0.05, 0.1) is 6.04 Å². The molecule has 1 fully saturated rings. The van der Waals surface area contributed by atoms with E-state index in [0.29, 0.717) is 12.6 Å². The normalized spacial score (nSPS) is 16.4. The minimum Gasteiger partial charge on any atom is -0.334 e. The molecular formula is C14H19FN2O. The summed E-state index contributed by atoms with van der Waals surface area (Å²) < 4.78 is 12.8. The first-order valence-corrected chi connectivity index (χ1v) is 6.34. The highest BCUT2D eigenvalue weighted by Crippen LogP contribution is 2.29. The van der Waals surface area contributed by atoms with Crippen LogP contribution in [-0.2, 0) is 11.3 Å². The Kier molecular flexibility index (Phi) is 3.97. The summed E-state index contributed by atoms with van der Waals surface area (Å²) in [7, 11) is 1.78. The predicted molar refractivity (Wildman–Crippen MR) is 68.5 cm³/mol. The molecule has 0 spiro atoms. The van der Waals surface area contributed by atoms with Crippen LogP contribution in [0.2, 0.25) is 0 Å². The first-order chi connectivity index (χ1) is 8.61. The Morgan fingerprint density at radius 2 is 2.06 bits per heavy atom. The first kappa shape index (κ1) is 13.0. The molecule has 1 unspecified atom stereocenters. The van der Waals surface area contributed by atoms with Crippen LogP contribution < -0.4 is 5.32 Å². The molecule has 1 amide bonds. The van der Waals surface area contributed by atoms with Crippen molar-refractivity contribution < 1.29 is 9.18 Å². The molecule has 0 saturated heterocycles. The molecule has 1 N–H and O–H groups in total. The second-order valence-corrected chi connectivity index (χ2v) is 4.83. The van der Waals surface area contributed by atoms with Gasteiger partial charge in [-0.3, -0.25) is 4.79 Å². The summed E-state index contributed by atoms with van der Waals surface area (Å²) in [6.07, 6.45) is 2.15. The van der Waals surface area contributed by atoms with E-state index in [0.717, 1.165) is 18.4 Å². The van der Waals surface area contributed by atoms with Crippen molar-refractivity contribution in [3.8, 4) is 0 Å². The van der Waals surface area contributed by atoms with E-state index >= 15 is 0 Å². The van der Waals surface area contributed by atoms with Gasteiger partial charge in [-0.15, -0.1) is 0 Å². The highest BCUT2D eigenvalue weighted by atomic mass is 19.1. The van der Waals surface area contributed by atoms with Crippen LogP contribution in [0.3, 0.4) is 0 Å². The number of likely N-dealkylation sites (N-methyl/N-ethyl adjacent to an activating group) is 1. The highest BCUT2D eigenvalue weighted by molar-refractivity contribution is 5.82. The van der Waals surface area contributed by atoms with Crippen LogP contribution in [0, 0.1) is 5.82 Å². The van der Waals surface area contributed by atoms with Gasteiger partial charge in [0.1, 0.15) is 5.82 Å². The average molecular weight is 250 g/mol. The number of benzene rings is 1. The van der Waals surface area contributed by atoms with Gasteiger partial charge in [0, 0.05) is 12.6 Å². The topological polar surface area (TPSA) is 32.3 Å². The number of nitrogens with one attached hydrogen (secondary N) is 1. The number of hydrogen-bond acceptors (Lipinski definition) is 2. The lowest BCUT2D eigenvalue weighted by Gasteiger charge is -2.25. The summed E-state index contributed by atoms with van der Waals surface area (Å²) in [6.45, 7) is 2.43. The van der Waals surface area contributed by atoms with Crippen molar-refractivity contribution in [3.05, 3.63) is 35.6 Å². The zero-order chi connectivity index (χ0) is 13.1. The third kappa shape index (κ3) is 3.07. The zero-order valence-corrected chi connectivity index (χ0v) is 10.8. The molecule has 1 aromatic carbocycles. The van der Waals surface area contributed by atoms with Crippen LogP contribution in [0.25, 0.3) is 0 Å². The van der Waals surface area contributed by atoms with E-state index in [9.17, 15) is 9.18 Å². The van der Waals surface area contributed by atoms with E-state index in [1.54, 1.807) is 19.2 Å². The maximum absolute atomic E-state index is 12.8. The van der Waals surface area contributed by atoms with Crippen molar-refractivity contribution in [3.63, 3.8) is 0 Å². The van der Waals surface area contributed by atoms with Gasteiger partial charge in [-0.25, -0.2) is 4.39 Å². The molecule has 1 saturated carbocycles. The lowest BCUT2D eigenvalue weighted by Crippen LogP contribution is -2.44. The molecule has 0 heterocycles. The molecule has 2 rings (SSSR count). The predicted octanol–water partition coefficient (Wildman–Crippen LogP) is 1.92. The molecule has 1 atom stereocenters. The van der Waals surface area contributed by atoms with Gasteiger partial charge in [-0.2, -0.15) is 0 Å². The smallest absolute Gasteiger partial charge is 0.239 e. The molecule has 18 heavy (non-hydrogen) atoms. The van der Waals surface area contributed by atoms with Crippen LogP contribution in [0.4, 0.5) is 4.39 Å². The van der Waals surface area contributed by atoms with E-state index in [2.05, 4.69) is 5.32 Å². The number of carbonyl (C=O) groups excluding carboxylic acids is 1. The van der Waals surface area contributed by atoms with Crippen LogP contribution in [0.1, 0.15) is 25.3 Å². The van der Waals surface area contributed by atoms with Gasteiger partial charge >= 0.3 is 0 Å². The minimum absolute atomic E-state index is 0.115. The lowest BCUT2D eigenvalue weighted by molar-refractivity contribution is -0.134. The third-order valence-electron chi connectivity index (χ3n) is 3.34. The molecule has 0 radical (unpaired) electrons. The van der Waals surface area contributed by atoms with Crippen molar-refractivity contribution in [1.82, 2.24) is 10.2 Å². The molecule has 98 valence electrons. The second-order valence-electron chi connectivity index (χ2n) is 4.83. The largest absolute Gasteiger partial charge is 0.334 e. The maximum atomic E-state index is 12.8. The summed E-state index contributed by atoms with van der Waals surface area (Å²) in [4.78, 5) is 14.1. The molecule has 0 aromatic heterocycles. The van der Waals surface area contributed by atoms with Crippen molar-refractivity contribution >= 4 is 5.91 Å². The Hall–Kier alpha value is -1.42. The van der Waals surface area contributed by atoms with E-state index in [1.807, 2.05) is 11.8 Å². The maximum Gasteiger partial charge on any atom is 0.239 e. The molecular weight excluding hydrogens is 231 g/mol. The SMILES string of the molecule is CNC(C)C(=O)N(Cc1ccc(F)cc1)C1CC1. The standard InChI is InChI=1S/C14H19FN2O/c1-10(16-2)14(18)17(13-7-8-13)9-11-3-5-12(15)6-4-11/h3-6,10,13,16H,7-9H2,1-2H3. The molecule has 1 aliphatic rings. The highest BCUT2D eigenvalue weighted by Gasteiger charge is 2.34. The van der Waals surface area contributed by atoms with Gasteiger partial charge in [-0.05, 0) is 44.5 Å². The van der Waals surface area contributed by atoms with E-state index < -0.39 is 0 Å². The second kappa shape index (κ2) is 5.48. The van der Waals surface area contributed by atoms with E-state index in [1.165, 1.54) is 12.1 Å². The lowest BCUT2D eigenvalue weighted by atomic mass is 10.2. The Bertz CT molecular complexity index is 414. The number of amides is 1. The molecule has 1 aliphatic carbocycles. The van der Waals surface area contributed by atoms with Gasteiger partial charge < -0.3 is 10.2 Å². The fourth-order valence-electron chi connectivity index (χ4n) is 1.93. The Morgan fingerprint density at radius 3 is 2.56 bits per heavy atom. The average Bonchev–Trinajstić information content (AvgIpc) is 3.20. The summed E-state index contributed by atoms with van der Waals surface area (Å²) in [5, 5.41) is 2.97. The van der Waals surface area contributed by atoms with Crippen LogP contribution in [0.15, 0.2) is 24.3 Å². The number of rotatable bonds is 5. The Labute approximate surface area is 107 Å². The Morgan fingerprint density at radius 1 is 1.44 bits per heavy atom. The number of halogens is 1. The van der Waals surface area contributed by atoms with Crippen molar-refractivity contribution in [2.75, 3.05) is 7.05 Å². The summed E-state index contributed by atoms with van der Waals surface area (Å²) in [5.74, 6) is -0.129. The molecule has 3 nitrogen and oxygen atoms in total. The van der Waals surface area contributed by atoms with Gasteiger partial charge in [0.25, 0.3) is 0 Å². The summed E-state index contributed by atoms with van der Waals surface area (Å²) in [5.41, 5.74) is 0.972. The third-order valence-corrected chi connectivity index (χ3v) is 3.34. The molecule has 4 heteroatoms.